The van der Waals surface area contributed by atoms with Crippen molar-refractivity contribution >= 4 is 40.4 Å². The van der Waals surface area contributed by atoms with Crippen LogP contribution in [0.5, 0.6) is 0 Å². The van der Waals surface area contributed by atoms with Crippen molar-refractivity contribution in [3.05, 3.63) is 76.1 Å². The van der Waals surface area contributed by atoms with Crippen LogP contribution in [-0.4, -0.2) is 10.9 Å². The van der Waals surface area contributed by atoms with Gasteiger partial charge in [-0.2, -0.15) is 0 Å². The zero-order valence-corrected chi connectivity index (χ0v) is 14.3. The van der Waals surface area contributed by atoms with E-state index < -0.39 is 6.04 Å². The number of benzene rings is 2. The molecule has 0 aromatic heterocycles. The number of hydrogen-bond donors (Lipinski definition) is 2. The van der Waals surface area contributed by atoms with Crippen LogP contribution in [0.25, 0.3) is 5.70 Å². The molecule has 24 heavy (non-hydrogen) atoms. The second-order valence-electron chi connectivity index (χ2n) is 5.44. The minimum absolute atomic E-state index is 0.128. The van der Waals surface area contributed by atoms with Crippen LogP contribution in [0.1, 0.15) is 24.1 Å². The molecule has 3 nitrogen and oxygen atoms in total. The molecule has 2 aromatic carbocycles. The Bertz CT molecular complexity index is 848. The number of nitrogens with one attached hydrogen (secondary N) is 2. The van der Waals surface area contributed by atoms with Gasteiger partial charge in [0, 0.05) is 10.6 Å². The molecule has 2 aromatic rings. The third kappa shape index (κ3) is 3.32. The van der Waals surface area contributed by atoms with Crippen molar-refractivity contribution < 1.29 is 9.18 Å². The van der Waals surface area contributed by atoms with Crippen molar-refractivity contribution in [3.8, 4) is 0 Å². The Kier molecular flexibility index (Phi) is 4.64. The first kappa shape index (κ1) is 16.6. The number of ketones is 1. The molecule has 0 bridgehead atoms. The third-order valence-electron chi connectivity index (χ3n) is 3.77. The molecule has 122 valence electrons. The normalized spacial score (nSPS) is 17.3. The van der Waals surface area contributed by atoms with Crippen LogP contribution in [0.2, 0.25) is 5.02 Å². The molecule has 0 spiro atoms. The van der Waals surface area contributed by atoms with Crippen molar-refractivity contribution in [1.29, 1.82) is 0 Å². The van der Waals surface area contributed by atoms with Crippen molar-refractivity contribution in [2.24, 2.45) is 0 Å². The van der Waals surface area contributed by atoms with Crippen molar-refractivity contribution in [2.75, 3.05) is 0 Å². The Labute approximate surface area is 149 Å². The summed E-state index contributed by atoms with van der Waals surface area (Å²) in [4.78, 5) is 12.3. The van der Waals surface area contributed by atoms with Gasteiger partial charge in [0.2, 0.25) is 0 Å². The highest BCUT2D eigenvalue weighted by Crippen LogP contribution is 2.32. The number of carbonyl (C=O) groups is 1. The van der Waals surface area contributed by atoms with Gasteiger partial charge in [-0.1, -0.05) is 35.9 Å². The van der Waals surface area contributed by atoms with Gasteiger partial charge in [-0.05, 0) is 54.5 Å². The number of hydrogen-bond acceptors (Lipinski definition) is 2. The summed E-state index contributed by atoms with van der Waals surface area (Å²) in [6.45, 7) is 1.48. The second kappa shape index (κ2) is 6.71. The van der Waals surface area contributed by atoms with Gasteiger partial charge in [0.05, 0.1) is 11.7 Å². The molecule has 0 radical (unpaired) electrons. The molecule has 0 amide bonds. The van der Waals surface area contributed by atoms with E-state index in [9.17, 15) is 9.18 Å². The molecule has 0 fully saturated rings. The zero-order valence-electron chi connectivity index (χ0n) is 12.8. The maximum absolute atomic E-state index is 13.6. The highest BCUT2D eigenvalue weighted by atomic mass is 35.5. The Hall–Kier alpha value is -2.24. The van der Waals surface area contributed by atoms with Crippen LogP contribution in [0.3, 0.4) is 0 Å². The molecule has 3 rings (SSSR count). The van der Waals surface area contributed by atoms with Gasteiger partial charge < -0.3 is 10.6 Å². The SMILES string of the molecule is CC(=O)C1=C(c2ccc(Cl)cc2)NC(=S)N[C@H]1c1cccc(F)c1. The van der Waals surface area contributed by atoms with E-state index in [4.69, 9.17) is 23.8 Å². The molecule has 0 saturated heterocycles. The second-order valence-corrected chi connectivity index (χ2v) is 6.28. The van der Waals surface area contributed by atoms with Crippen LogP contribution in [-0.2, 0) is 4.79 Å². The van der Waals surface area contributed by atoms with Gasteiger partial charge in [0.1, 0.15) is 5.82 Å². The predicted octanol–water partition coefficient (Wildman–Crippen LogP) is 4.00. The summed E-state index contributed by atoms with van der Waals surface area (Å²) in [5, 5.41) is 7.06. The number of Topliss-reactive ketones (excluding diaryl/α,β-unsaturated/α-hetero) is 1. The zero-order chi connectivity index (χ0) is 17.3. The van der Waals surface area contributed by atoms with Crippen LogP contribution < -0.4 is 10.6 Å². The maximum Gasteiger partial charge on any atom is 0.171 e. The van der Waals surface area contributed by atoms with Crippen LogP contribution in [0, 0.1) is 5.82 Å². The molecule has 1 heterocycles. The molecular weight excluding hydrogens is 347 g/mol. The number of carbonyl (C=O) groups excluding carboxylic acids is 1. The summed E-state index contributed by atoms with van der Waals surface area (Å²) in [6.07, 6.45) is 0. The Morgan fingerprint density at radius 3 is 2.54 bits per heavy atom. The minimum Gasteiger partial charge on any atom is -0.351 e. The van der Waals surface area contributed by atoms with Crippen molar-refractivity contribution in [2.45, 2.75) is 13.0 Å². The van der Waals surface area contributed by atoms with E-state index in [1.807, 2.05) is 12.1 Å². The maximum atomic E-state index is 13.6. The van der Waals surface area contributed by atoms with Gasteiger partial charge in [0.25, 0.3) is 0 Å². The van der Waals surface area contributed by atoms with Gasteiger partial charge in [0.15, 0.2) is 10.9 Å². The molecule has 0 aliphatic carbocycles. The average Bonchev–Trinajstić information content (AvgIpc) is 2.54. The summed E-state index contributed by atoms with van der Waals surface area (Å²) >= 11 is 11.2. The van der Waals surface area contributed by atoms with Crippen molar-refractivity contribution in [3.63, 3.8) is 0 Å². The fraction of sp³-hybridized carbons (Fsp3) is 0.111. The molecular formula is C18H14ClFN2OS. The number of rotatable bonds is 3. The summed E-state index contributed by atoms with van der Waals surface area (Å²) in [6, 6.07) is 12.7. The largest absolute Gasteiger partial charge is 0.351 e. The quantitative estimate of drug-likeness (QED) is 0.812. The summed E-state index contributed by atoms with van der Waals surface area (Å²) in [7, 11) is 0. The third-order valence-corrected chi connectivity index (χ3v) is 4.24. The smallest absolute Gasteiger partial charge is 0.171 e. The van der Waals surface area contributed by atoms with Crippen molar-refractivity contribution in [1.82, 2.24) is 10.6 Å². The minimum atomic E-state index is -0.516. The topological polar surface area (TPSA) is 41.1 Å². The fourth-order valence-corrected chi connectivity index (χ4v) is 3.07. The lowest BCUT2D eigenvalue weighted by molar-refractivity contribution is -0.113. The summed E-state index contributed by atoms with van der Waals surface area (Å²) < 4.78 is 13.6. The summed E-state index contributed by atoms with van der Waals surface area (Å²) in [5.41, 5.74) is 2.53. The van der Waals surface area contributed by atoms with E-state index in [2.05, 4.69) is 10.6 Å². The standard InChI is InChI=1S/C18H14ClFN2OS/c1-10(23)15-16(11-5-7-13(19)8-6-11)21-18(24)22-17(15)12-3-2-4-14(20)9-12/h2-9,17H,1H3,(H2,21,22,24)/t17-/m0/s1. The number of halogens is 2. The van der Waals surface area contributed by atoms with Crippen LogP contribution >= 0.6 is 23.8 Å². The lowest BCUT2D eigenvalue weighted by Gasteiger charge is -2.31. The van der Waals surface area contributed by atoms with E-state index in [0.717, 1.165) is 5.56 Å². The van der Waals surface area contributed by atoms with Gasteiger partial charge in [-0.25, -0.2) is 4.39 Å². The predicted molar refractivity (Wildman–Crippen MR) is 97.1 cm³/mol. The summed E-state index contributed by atoms with van der Waals surface area (Å²) in [5.74, 6) is -0.494. The first-order chi connectivity index (χ1) is 11.5. The Morgan fingerprint density at radius 2 is 1.92 bits per heavy atom. The van der Waals surface area contributed by atoms with E-state index in [0.29, 0.717) is 27.0 Å². The van der Waals surface area contributed by atoms with Crippen LogP contribution in [0.4, 0.5) is 4.39 Å². The molecule has 0 saturated carbocycles. The van der Waals surface area contributed by atoms with Gasteiger partial charge >= 0.3 is 0 Å². The molecule has 0 unspecified atom stereocenters. The number of thiocarbonyl (C=S) groups is 1. The average molecular weight is 361 g/mol. The van der Waals surface area contributed by atoms with Gasteiger partial charge in [-0.3, -0.25) is 4.79 Å². The Morgan fingerprint density at radius 1 is 1.21 bits per heavy atom. The van der Waals surface area contributed by atoms with Gasteiger partial charge in [-0.15, -0.1) is 0 Å². The molecule has 2 N–H and O–H groups in total. The fourth-order valence-electron chi connectivity index (χ4n) is 2.72. The molecule has 1 aliphatic rings. The highest BCUT2D eigenvalue weighted by Gasteiger charge is 2.30. The van der Waals surface area contributed by atoms with E-state index >= 15 is 0 Å². The first-order valence-electron chi connectivity index (χ1n) is 7.29. The molecule has 6 heteroatoms. The van der Waals surface area contributed by atoms with E-state index in [-0.39, 0.29) is 11.6 Å². The van der Waals surface area contributed by atoms with E-state index in [1.54, 1.807) is 24.3 Å². The monoisotopic (exact) mass is 360 g/mol. The van der Waals surface area contributed by atoms with E-state index in [1.165, 1.54) is 19.1 Å². The Balaban J connectivity index is 2.18. The van der Waals surface area contributed by atoms with Crippen LogP contribution in [0.15, 0.2) is 54.1 Å². The lowest BCUT2D eigenvalue weighted by atomic mass is 9.90. The lowest BCUT2D eigenvalue weighted by Crippen LogP contribution is -2.44. The molecule has 1 atom stereocenters. The molecule has 1 aliphatic heterocycles. The first-order valence-corrected chi connectivity index (χ1v) is 8.08. The highest BCUT2D eigenvalue weighted by molar-refractivity contribution is 7.80.